The Morgan fingerprint density at radius 3 is 2.33 bits per heavy atom. The summed E-state index contributed by atoms with van der Waals surface area (Å²) < 4.78 is 51.1. The number of aromatic nitrogens is 4. The summed E-state index contributed by atoms with van der Waals surface area (Å²) in [7, 11) is -17.2. The Morgan fingerprint density at radius 2 is 1.73 bits per heavy atom. The van der Waals surface area contributed by atoms with Gasteiger partial charge in [0.15, 0.2) is 11.7 Å². The zero-order valence-electron chi connectivity index (χ0n) is 16.1. The molecule has 2 aromatic heterocycles. The maximum Gasteiger partial charge on any atom is 1.00 e. The Kier molecular flexibility index (Phi) is 8.53. The van der Waals surface area contributed by atoms with Crippen molar-refractivity contribution in [3.63, 3.8) is 0 Å². The predicted octanol–water partition coefficient (Wildman–Crippen LogP) is -6.25. The molecule has 0 saturated carbocycles. The van der Waals surface area contributed by atoms with Crippen LogP contribution in [0.5, 0.6) is 0 Å². The molecular formula is C10H14LiN4O15P3. The number of H-pyrrole nitrogens is 2. The molecular weight excluding hydrogens is 516 g/mol. The number of imidazole rings is 1. The molecule has 3 rings (SSSR count). The van der Waals surface area contributed by atoms with E-state index < -0.39 is 65.9 Å². The van der Waals surface area contributed by atoms with Crippen molar-refractivity contribution in [1.29, 1.82) is 0 Å². The summed E-state index contributed by atoms with van der Waals surface area (Å²) in [5.41, 5.74) is -2.18. The number of phosphoric ester groups is 1. The molecule has 3 unspecified atom stereocenters. The van der Waals surface area contributed by atoms with Crippen LogP contribution in [0.1, 0.15) is 6.23 Å². The first-order valence-electron chi connectivity index (χ1n) is 8.06. The zero-order chi connectivity index (χ0) is 24.1. The second-order valence-electron chi connectivity index (χ2n) is 6.17. The molecule has 1 fully saturated rings. The van der Waals surface area contributed by atoms with Gasteiger partial charge in [0.2, 0.25) is 0 Å². The molecule has 33 heavy (non-hydrogen) atoms. The van der Waals surface area contributed by atoms with E-state index in [4.69, 9.17) is 14.5 Å². The predicted molar refractivity (Wildman–Crippen MR) is 94.5 cm³/mol. The number of fused-ring (bicyclic) bond motifs is 1. The summed E-state index contributed by atoms with van der Waals surface area (Å²) in [6.07, 6.45) is -5.59. The van der Waals surface area contributed by atoms with Gasteiger partial charge in [-0.1, -0.05) is 0 Å². The third-order valence-corrected chi connectivity index (χ3v) is 7.67. The van der Waals surface area contributed by atoms with Crippen LogP contribution in [0.2, 0.25) is 0 Å². The fraction of sp³-hybridized carbons (Fsp3) is 0.500. The molecule has 7 N–H and O–H groups in total. The average Bonchev–Trinajstić information content (AvgIpc) is 3.12. The number of nitrogens with one attached hydrogen (secondary N) is 2. The van der Waals surface area contributed by atoms with E-state index in [1.807, 2.05) is 4.98 Å². The topological polar surface area (TPSA) is 296 Å². The Labute approximate surface area is 192 Å². The van der Waals surface area contributed by atoms with Crippen molar-refractivity contribution < 1.29 is 80.2 Å². The summed E-state index contributed by atoms with van der Waals surface area (Å²) in [6, 6.07) is 0. The fourth-order valence-electron chi connectivity index (χ4n) is 2.71. The van der Waals surface area contributed by atoms with E-state index >= 15 is 0 Å². The Hall–Kier alpha value is -0.963. The van der Waals surface area contributed by atoms with Gasteiger partial charge in [0.05, 0.1) is 12.9 Å². The van der Waals surface area contributed by atoms with Crippen LogP contribution in [0.15, 0.2) is 15.9 Å². The minimum absolute atomic E-state index is 0. The number of hydrogen-bond acceptors (Lipinski definition) is 13. The van der Waals surface area contributed by atoms with Gasteiger partial charge in [0.1, 0.15) is 24.0 Å². The molecule has 3 heterocycles. The van der Waals surface area contributed by atoms with Crippen molar-refractivity contribution in [2.24, 2.45) is 0 Å². The normalized spacial score (nSPS) is 28.5. The quantitative estimate of drug-likeness (QED) is 0.123. The summed E-state index contributed by atoms with van der Waals surface area (Å²) in [5, 5.41) is 20.3. The number of aliphatic hydroxyl groups is 2. The van der Waals surface area contributed by atoms with Crippen LogP contribution in [-0.2, 0) is 31.6 Å². The first-order valence-corrected chi connectivity index (χ1v) is 12.5. The van der Waals surface area contributed by atoms with Crippen molar-refractivity contribution in [1.82, 2.24) is 19.5 Å². The van der Waals surface area contributed by atoms with E-state index in [1.54, 1.807) is 0 Å². The van der Waals surface area contributed by atoms with Crippen molar-refractivity contribution in [2.45, 2.75) is 24.5 Å². The van der Waals surface area contributed by atoms with Gasteiger partial charge in [0, 0.05) is 0 Å². The molecule has 0 radical (unpaired) electrons. The number of ether oxygens (including phenoxy) is 1. The summed E-state index contributed by atoms with van der Waals surface area (Å²) in [5.74, 6) is 0. The van der Waals surface area contributed by atoms with Gasteiger partial charge in [-0.2, -0.15) is 4.31 Å². The SMILES string of the molecule is O=c1[nH]c(=O)c2ncn([C@@H]3O[C@H](COP(=O)(O)OP(=O)(O)OP(=O)([O-])O)[C@@H](O)[C@H]3O)c2[nH]1.[Li+]. The summed E-state index contributed by atoms with van der Waals surface area (Å²) >= 11 is 0. The average molecular weight is 530 g/mol. The van der Waals surface area contributed by atoms with Gasteiger partial charge in [-0.3, -0.25) is 28.4 Å². The van der Waals surface area contributed by atoms with Gasteiger partial charge in [0.25, 0.3) is 13.4 Å². The Bertz CT molecular complexity index is 1270. The van der Waals surface area contributed by atoms with E-state index in [1.165, 1.54) is 0 Å². The van der Waals surface area contributed by atoms with E-state index in [-0.39, 0.29) is 30.0 Å². The second kappa shape index (κ2) is 9.96. The maximum absolute atomic E-state index is 11.8. The zero-order valence-corrected chi connectivity index (χ0v) is 18.8. The number of rotatable bonds is 8. The number of aromatic amines is 2. The summed E-state index contributed by atoms with van der Waals surface area (Å²) in [4.78, 5) is 68.5. The largest absolute Gasteiger partial charge is 1.00 e. The minimum Gasteiger partial charge on any atom is -0.756 e. The van der Waals surface area contributed by atoms with Crippen molar-refractivity contribution in [3.8, 4) is 0 Å². The van der Waals surface area contributed by atoms with E-state index in [0.29, 0.717) is 0 Å². The van der Waals surface area contributed by atoms with Crippen LogP contribution < -0.4 is 35.0 Å². The molecule has 1 saturated heterocycles. The van der Waals surface area contributed by atoms with Crippen LogP contribution in [0.3, 0.4) is 0 Å². The molecule has 23 heteroatoms. The van der Waals surface area contributed by atoms with Gasteiger partial charge < -0.3 is 34.5 Å². The number of phosphoric acid groups is 3. The molecule has 7 atom stereocenters. The van der Waals surface area contributed by atoms with Gasteiger partial charge in [-0.25, -0.2) is 23.2 Å². The van der Waals surface area contributed by atoms with Crippen LogP contribution in [-0.4, -0.2) is 69.3 Å². The molecule has 1 aliphatic heterocycles. The van der Waals surface area contributed by atoms with Crippen LogP contribution in [0.4, 0.5) is 0 Å². The maximum atomic E-state index is 11.8. The van der Waals surface area contributed by atoms with E-state index in [9.17, 15) is 43.3 Å². The third kappa shape index (κ3) is 6.80. The number of aliphatic hydroxyl groups excluding tert-OH is 2. The number of hydrogen-bond donors (Lipinski definition) is 7. The molecule has 0 aromatic carbocycles. The van der Waals surface area contributed by atoms with Crippen molar-refractivity contribution >= 4 is 34.6 Å². The van der Waals surface area contributed by atoms with E-state index in [0.717, 1.165) is 10.9 Å². The minimum atomic E-state index is -5.83. The van der Waals surface area contributed by atoms with Crippen molar-refractivity contribution in [3.05, 3.63) is 27.2 Å². The standard InChI is InChI=1S/C10H15N4O15P3.Li/c15-5-3(1-26-31(22,23)29-32(24,25)28-30(19,20)21)27-9(6(5)16)14-2-11-4-7(14)12-10(18)13-8(4)17;/h2-3,5-6,9,15-16H,1H2,(H,22,23)(H,24,25)(H2,19,20,21)(H2,12,13,17,18);/q;+1/p-1/t3-,5-,6-,9-;/m1./s1. The number of nitrogens with zero attached hydrogens (tertiary/aromatic N) is 2. The molecule has 0 amide bonds. The van der Waals surface area contributed by atoms with E-state index in [2.05, 4.69) is 23.1 Å². The second-order valence-corrected chi connectivity index (χ2v) is 10.5. The third-order valence-electron chi connectivity index (χ3n) is 3.89. The molecule has 1 aliphatic rings. The smallest absolute Gasteiger partial charge is 0.756 e. The van der Waals surface area contributed by atoms with Crippen molar-refractivity contribution in [2.75, 3.05) is 6.61 Å². The molecule has 2 aromatic rings. The van der Waals surface area contributed by atoms with Gasteiger partial charge in [-0.15, -0.1) is 0 Å². The summed E-state index contributed by atoms with van der Waals surface area (Å²) in [6.45, 7) is -1.06. The first kappa shape index (κ1) is 28.3. The van der Waals surface area contributed by atoms with Gasteiger partial charge in [-0.05, 0) is 0 Å². The van der Waals surface area contributed by atoms with Crippen LogP contribution >= 0.6 is 23.5 Å². The van der Waals surface area contributed by atoms with Crippen LogP contribution in [0.25, 0.3) is 11.2 Å². The Morgan fingerprint density at radius 1 is 1.09 bits per heavy atom. The molecule has 180 valence electrons. The molecule has 0 bridgehead atoms. The first-order chi connectivity index (χ1) is 14.6. The molecule has 0 aliphatic carbocycles. The molecule has 19 nitrogen and oxygen atoms in total. The molecule has 0 spiro atoms. The monoisotopic (exact) mass is 530 g/mol. The Balaban J connectivity index is 0.00000385. The van der Waals surface area contributed by atoms with Crippen LogP contribution in [0, 0.1) is 0 Å². The fourth-order valence-corrected chi connectivity index (χ4v) is 5.71. The van der Waals surface area contributed by atoms with Gasteiger partial charge >= 0.3 is 40.2 Å².